The zero-order chi connectivity index (χ0) is 12.4. The molecular weight excluding hydrogens is 208 g/mol. The van der Waals surface area contributed by atoms with Gasteiger partial charge in [-0.25, -0.2) is 0 Å². The zero-order valence-corrected chi connectivity index (χ0v) is 11.2. The minimum absolute atomic E-state index is 0.287. The molecule has 0 aromatic heterocycles. The summed E-state index contributed by atoms with van der Waals surface area (Å²) < 4.78 is 0. The molecule has 0 spiro atoms. The fraction of sp³-hybridized carbons (Fsp3) is 0.600. The molecule has 2 unspecified atom stereocenters. The Labute approximate surface area is 105 Å². The molecule has 2 N–H and O–H groups in total. The predicted octanol–water partition coefficient (Wildman–Crippen LogP) is 2.73. The van der Waals surface area contributed by atoms with Crippen LogP contribution in [-0.4, -0.2) is 24.0 Å². The number of hydrogen-bond acceptors (Lipinski definition) is 2. The van der Waals surface area contributed by atoms with E-state index in [9.17, 15) is 0 Å². The van der Waals surface area contributed by atoms with E-state index in [4.69, 9.17) is 5.73 Å². The van der Waals surface area contributed by atoms with Crippen molar-refractivity contribution >= 4 is 0 Å². The molecule has 0 radical (unpaired) electrons. The second-order valence-electron chi connectivity index (χ2n) is 5.64. The van der Waals surface area contributed by atoms with Gasteiger partial charge in [0.1, 0.15) is 0 Å². The molecule has 0 bridgehead atoms. The van der Waals surface area contributed by atoms with Crippen molar-refractivity contribution in [1.29, 1.82) is 0 Å². The number of aryl methyl sites for hydroxylation is 1. The average molecular weight is 232 g/mol. The van der Waals surface area contributed by atoms with Gasteiger partial charge in [-0.1, -0.05) is 38.1 Å². The number of benzene rings is 1. The van der Waals surface area contributed by atoms with Crippen molar-refractivity contribution in [3.05, 3.63) is 35.4 Å². The highest BCUT2D eigenvalue weighted by Crippen LogP contribution is 2.33. The van der Waals surface area contributed by atoms with Crippen LogP contribution in [0, 0.1) is 12.8 Å². The normalized spacial score (nSPS) is 25.7. The zero-order valence-electron chi connectivity index (χ0n) is 11.2. The van der Waals surface area contributed by atoms with E-state index in [2.05, 4.69) is 49.9 Å². The second-order valence-corrected chi connectivity index (χ2v) is 5.64. The monoisotopic (exact) mass is 232 g/mol. The van der Waals surface area contributed by atoms with E-state index in [1.165, 1.54) is 11.1 Å². The first kappa shape index (κ1) is 12.6. The first-order chi connectivity index (χ1) is 8.09. The Hall–Kier alpha value is -0.860. The molecule has 0 saturated carbocycles. The molecule has 1 aliphatic rings. The molecule has 1 heterocycles. The van der Waals surface area contributed by atoms with Crippen molar-refractivity contribution in [2.75, 3.05) is 13.1 Å². The lowest BCUT2D eigenvalue weighted by Gasteiger charge is -2.29. The summed E-state index contributed by atoms with van der Waals surface area (Å²) in [6.07, 6.45) is 1.12. The Morgan fingerprint density at radius 3 is 2.71 bits per heavy atom. The van der Waals surface area contributed by atoms with Crippen molar-refractivity contribution in [3.63, 3.8) is 0 Å². The molecule has 2 atom stereocenters. The van der Waals surface area contributed by atoms with E-state index in [0.29, 0.717) is 12.0 Å². The topological polar surface area (TPSA) is 29.3 Å². The Kier molecular flexibility index (Phi) is 3.85. The summed E-state index contributed by atoms with van der Waals surface area (Å²) in [4.78, 5) is 2.55. The fourth-order valence-corrected chi connectivity index (χ4v) is 2.90. The van der Waals surface area contributed by atoms with Crippen LogP contribution in [-0.2, 0) is 0 Å². The van der Waals surface area contributed by atoms with Gasteiger partial charge < -0.3 is 5.73 Å². The van der Waals surface area contributed by atoms with Gasteiger partial charge in [0, 0.05) is 19.1 Å². The standard InChI is InChI=1S/C15H24N2/c1-11(2)10-17-9-8-14(16)15(17)13-7-5-4-6-12(13)3/h4-7,11,14-15H,8-10,16H2,1-3H3. The predicted molar refractivity (Wildman–Crippen MR) is 72.9 cm³/mol. The first-order valence-electron chi connectivity index (χ1n) is 6.64. The molecule has 0 aliphatic carbocycles. The Balaban J connectivity index is 2.24. The van der Waals surface area contributed by atoms with Crippen LogP contribution in [0.25, 0.3) is 0 Å². The third kappa shape index (κ3) is 2.70. The molecule has 2 nitrogen and oxygen atoms in total. The Bertz CT molecular complexity index is 373. The molecule has 1 aliphatic heterocycles. The van der Waals surface area contributed by atoms with Crippen molar-refractivity contribution in [2.45, 2.75) is 39.3 Å². The van der Waals surface area contributed by atoms with Crippen LogP contribution in [0.2, 0.25) is 0 Å². The number of nitrogens with zero attached hydrogens (tertiary/aromatic N) is 1. The van der Waals surface area contributed by atoms with Crippen molar-refractivity contribution < 1.29 is 0 Å². The highest BCUT2D eigenvalue weighted by molar-refractivity contribution is 5.30. The van der Waals surface area contributed by atoms with E-state index in [-0.39, 0.29) is 6.04 Å². The molecule has 1 saturated heterocycles. The maximum absolute atomic E-state index is 6.30. The summed E-state index contributed by atoms with van der Waals surface area (Å²) in [6.45, 7) is 9.02. The van der Waals surface area contributed by atoms with Crippen molar-refractivity contribution in [2.24, 2.45) is 11.7 Å². The van der Waals surface area contributed by atoms with E-state index in [0.717, 1.165) is 19.5 Å². The van der Waals surface area contributed by atoms with Gasteiger partial charge in [0.2, 0.25) is 0 Å². The molecule has 1 aromatic carbocycles. The summed E-state index contributed by atoms with van der Waals surface area (Å²) in [5.74, 6) is 0.701. The molecule has 1 fully saturated rings. The van der Waals surface area contributed by atoms with E-state index in [1.807, 2.05) is 0 Å². The van der Waals surface area contributed by atoms with Crippen LogP contribution < -0.4 is 5.73 Å². The van der Waals surface area contributed by atoms with Crippen molar-refractivity contribution in [3.8, 4) is 0 Å². The van der Waals surface area contributed by atoms with Gasteiger partial charge in [0.15, 0.2) is 0 Å². The van der Waals surface area contributed by atoms with Crippen LogP contribution in [0.5, 0.6) is 0 Å². The first-order valence-corrected chi connectivity index (χ1v) is 6.64. The number of likely N-dealkylation sites (tertiary alicyclic amines) is 1. The van der Waals surface area contributed by atoms with Gasteiger partial charge in [-0.3, -0.25) is 4.90 Å². The summed E-state index contributed by atoms with van der Waals surface area (Å²) in [5, 5.41) is 0. The van der Waals surface area contributed by atoms with Crippen LogP contribution >= 0.6 is 0 Å². The minimum atomic E-state index is 0.287. The van der Waals surface area contributed by atoms with Crippen LogP contribution in [0.1, 0.15) is 37.4 Å². The fourth-order valence-electron chi connectivity index (χ4n) is 2.90. The lowest BCUT2D eigenvalue weighted by Crippen LogP contribution is -2.34. The summed E-state index contributed by atoms with van der Waals surface area (Å²) in [5.41, 5.74) is 9.08. The Morgan fingerprint density at radius 1 is 1.35 bits per heavy atom. The SMILES string of the molecule is Cc1ccccc1C1C(N)CCN1CC(C)C. The minimum Gasteiger partial charge on any atom is -0.326 e. The van der Waals surface area contributed by atoms with Gasteiger partial charge in [0.25, 0.3) is 0 Å². The largest absolute Gasteiger partial charge is 0.326 e. The average Bonchev–Trinajstić information content (AvgIpc) is 2.60. The van der Waals surface area contributed by atoms with Crippen LogP contribution in [0.4, 0.5) is 0 Å². The Morgan fingerprint density at radius 2 is 2.06 bits per heavy atom. The smallest absolute Gasteiger partial charge is 0.0502 e. The number of rotatable bonds is 3. The van der Waals surface area contributed by atoms with E-state index < -0.39 is 0 Å². The van der Waals surface area contributed by atoms with Crippen LogP contribution in [0.3, 0.4) is 0 Å². The lowest BCUT2D eigenvalue weighted by molar-refractivity contribution is 0.220. The lowest BCUT2D eigenvalue weighted by atomic mass is 9.96. The quantitative estimate of drug-likeness (QED) is 0.868. The summed E-state index contributed by atoms with van der Waals surface area (Å²) in [7, 11) is 0. The molecule has 1 aromatic rings. The maximum Gasteiger partial charge on any atom is 0.0502 e. The van der Waals surface area contributed by atoms with Crippen LogP contribution in [0.15, 0.2) is 24.3 Å². The van der Waals surface area contributed by atoms with Gasteiger partial charge in [0.05, 0.1) is 6.04 Å². The molecule has 17 heavy (non-hydrogen) atoms. The molecule has 2 rings (SSSR count). The molecule has 0 amide bonds. The highest BCUT2D eigenvalue weighted by atomic mass is 15.2. The third-order valence-corrected chi connectivity index (χ3v) is 3.66. The van der Waals surface area contributed by atoms with Gasteiger partial charge in [-0.15, -0.1) is 0 Å². The number of nitrogens with two attached hydrogens (primary N) is 1. The van der Waals surface area contributed by atoms with Crippen molar-refractivity contribution in [1.82, 2.24) is 4.90 Å². The number of hydrogen-bond donors (Lipinski definition) is 1. The summed E-state index contributed by atoms with van der Waals surface area (Å²) >= 11 is 0. The molecule has 2 heteroatoms. The molecular formula is C15H24N2. The highest BCUT2D eigenvalue weighted by Gasteiger charge is 2.33. The maximum atomic E-state index is 6.30. The molecule has 94 valence electrons. The van der Waals surface area contributed by atoms with Gasteiger partial charge in [-0.05, 0) is 30.4 Å². The van der Waals surface area contributed by atoms with Gasteiger partial charge >= 0.3 is 0 Å². The van der Waals surface area contributed by atoms with Gasteiger partial charge in [-0.2, -0.15) is 0 Å². The second kappa shape index (κ2) is 5.19. The van der Waals surface area contributed by atoms with E-state index in [1.54, 1.807) is 0 Å². The third-order valence-electron chi connectivity index (χ3n) is 3.66. The summed E-state index contributed by atoms with van der Waals surface area (Å²) in [6, 6.07) is 9.35. The van der Waals surface area contributed by atoms with E-state index >= 15 is 0 Å².